The molecule has 0 saturated carbocycles. The van der Waals surface area contributed by atoms with Gasteiger partial charge in [-0.05, 0) is 96.3 Å². The van der Waals surface area contributed by atoms with Crippen LogP contribution < -0.4 is 0 Å². The summed E-state index contributed by atoms with van der Waals surface area (Å²) in [5.74, 6) is -0.448. The van der Waals surface area contributed by atoms with Crippen molar-refractivity contribution in [3.63, 3.8) is 0 Å². The molecule has 5 nitrogen and oxygen atoms in total. The first-order valence-corrected chi connectivity index (χ1v) is 23.1. The van der Waals surface area contributed by atoms with E-state index in [0.29, 0.717) is 19.4 Å². The zero-order chi connectivity index (χ0) is 40.7. The lowest BCUT2D eigenvalue weighted by Crippen LogP contribution is -2.30. The fourth-order valence-corrected chi connectivity index (χ4v) is 5.98. The van der Waals surface area contributed by atoms with Gasteiger partial charge in [0, 0.05) is 19.4 Å². The van der Waals surface area contributed by atoms with Crippen molar-refractivity contribution >= 4 is 11.9 Å². The highest BCUT2D eigenvalue weighted by atomic mass is 16.6. The summed E-state index contributed by atoms with van der Waals surface area (Å²) in [5.41, 5.74) is 0. The Labute approximate surface area is 346 Å². The third-order valence-electron chi connectivity index (χ3n) is 9.42. The summed E-state index contributed by atoms with van der Waals surface area (Å²) in [5, 5.41) is 0. The van der Waals surface area contributed by atoms with E-state index in [4.69, 9.17) is 14.2 Å². The first-order chi connectivity index (χ1) is 27.6. The molecule has 1 unspecified atom stereocenters. The lowest BCUT2D eigenvalue weighted by molar-refractivity contribution is -0.163. The average molecular weight is 779 g/mol. The predicted molar refractivity (Wildman–Crippen MR) is 242 cm³/mol. The molecular formula is C51H86O5. The topological polar surface area (TPSA) is 61.8 Å². The van der Waals surface area contributed by atoms with Crippen LogP contribution in [0.3, 0.4) is 0 Å². The SMILES string of the molecule is CC/C=C\C/C=C\C/C=C\C/C=C\C/C=C\CCCCOCC(COC(=O)CCCCCCC/C=C\C/C=C\CCCCC)OC(=O)CCCCCCCCC. The van der Waals surface area contributed by atoms with Crippen molar-refractivity contribution < 1.29 is 23.8 Å². The normalized spacial score (nSPS) is 13.0. The maximum absolute atomic E-state index is 12.6. The predicted octanol–water partition coefficient (Wildman–Crippen LogP) is 15.3. The van der Waals surface area contributed by atoms with Gasteiger partial charge in [0.2, 0.25) is 0 Å². The van der Waals surface area contributed by atoms with Crippen LogP contribution in [0, 0.1) is 0 Å². The van der Waals surface area contributed by atoms with E-state index in [-0.39, 0.29) is 25.2 Å². The molecule has 0 rings (SSSR count). The van der Waals surface area contributed by atoms with Crippen LogP contribution in [0.1, 0.15) is 201 Å². The molecule has 0 bridgehead atoms. The van der Waals surface area contributed by atoms with Gasteiger partial charge < -0.3 is 14.2 Å². The summed E-state index contributed by atoms with van der Waals surface area (Å²) in [6, 6.07) is 0. The molecule has 0 radical (unpaired) electrons. The summed E-state index contributed by atoms with van der Waals surface area (Å²) in [6.45, 7) is 7.52. The van der Waals surface area contributed by atoms with Crippen molar-refractivity contribution in [2.24, 2.45) is 0 Å². The summed E-state index contributed by atoms with van der Waals surface area (Å²) in [6.07, 6.45) is 60.2. The number of allylic oxidation sites excluding steroid dienone is 14. The fraction of sp³-hybridized carbons (Fsp3) is 0.686. The van der Waals surface area contributed by atoms with Crippen LogP contribution in [0.25, 0.3) is 0 Å². The first kappa shape index (κ1) is 53.1. The van der Waals surface area contributed by atoms with Crippen LogP contribution in [0.5, 0.6) is 0 Å². The molecule has 56 heavy (non-hydrogen) atoms. The van der Waals surface area contributed by atoms with Gasteiger partial charge in [-0.3, -0.25) is 9.59 Å². The summed E-state index contributed by atoms with van der Waals surface area (Å²) in [4.78, 5) is 25.1. The molecule has 0 aliphatic carbocycles. The number of unbranched alkanes of at least 4 members (excludes halogenated alkanes) is 16. The fourth-order valence-electron chi connectivity index (χ4n) is 5.98. The van der Waals surface area contributed by atoms with Crippen molar-refractivity contribution in [3.8, 4) is 0 Å². The van der Waals surface area contributed by atoms with Gasteiger partial charge in [0.15, 0.2) is 6.10 Å². The second-order valence-electron chi connectivity index (χ2n) is 14.9. The van der Waals surface area contributed by atoms with Gasteiger partial charge in [-0.2, -0.15) is 0 Å². The van der Waals surface area contributed by atoms with E-state index in [0.717, 1.165) is 103 Å². The molecular weight excluding hydrogens is 693 g/mol. The number of hydrogen-bond acceptors (Lipinski definition) is 5. The Morgan fingerprint density at radius 1 is 0.411 bits per heavy atom. The number of carbonyl (C=O) groups is 2. The molecule has 0 aliphatic heterocycles. The molecule has 320 valence electrons. The van der Waals surface area contributed by atoms with E-state index in [9.17, 15) is 9.59 Å². The minimum atomic E-state index is -0.563. The quantitative estimate of drug-likeness (QED) is 0.0351. The Hall–Kier alpha value is -2.92. The summed E-state index contributed by atoms with van der Waals surface area (Å²) >= 11 is 0. The van der Waals surface area contributed by atoms with Crippen molar-refractivity contribution in [1.82, 2.24) is 0 Å². The molecule has 0 amide bonds. The van der Waals surface area contributed by atoms with Crippen LogP contribution in [0.4, 0.5) is 0 Å². The highest BCUT2D eigenvalue weighted by molar-refractivity contribution is 5.70. The average Bonchev–Trinajstić information content (AvgIpc) is 3.20. The van der Waals surface area contributed by atoms with Gasteiger partial charge in [0.25, 0.3) is 0 Å². The van der Waals surface area contributed by atoms with Crippen molar-refractivity contribution in [1.29, 1.82) is 0 Å². The van der Waals surface area contributed by atoms with E-state index in [1.165, 1.54) is 64.2 Å². The summed E-state index contributed by atoms with van der Waals surface area (Å²) < 4.78 is 17.2. The van der Waals surface area contributed by atoms with Crippen LogP contribution >= 0.6 is 0 Å². The number of rotatable bonds is 41. The van der Waals surface area contributed by atoms with Crippen LogP contribution in [0.15, 0.2) is 85.1 Å². The molecule has 5 heteroatoms. The number of carbonyl (C=O) groups excluding carboxylic acids is 2. The lowest BCUT2D eigenvalue weighted by Gasteiger charge is -2.18. The number of hydrogen-bond donors (Lipinski definition) is 0. The molecule has 0 heterocycles. The van der Waals surface area contributed by atoms with Crippen LogP contribution in [-0.4, -0.2) is 37.9 Å². The summed E-state index contributed by atoms with van der Waals surface area (Å²) in [7, 11) is 0. The van der Waals surface area contributed by atoms with Crippen molar-refractivity contribution in [3.05, 3.63) is 85.1 Å². The zero-order valence-corrected chi connectivity index (χ0v) is 36.6. The number of ether oxygens (including phenoxy) is 3. The molecule has 0 aromatic rings. The Balaban J connectivity index is 4.27. The number of esters is 2. The van der Waals surface area contributed by atoms with Crippen LogP contribution in [0.2, 0.25) is 0 Å². The van der Waals surface area contributed by atoms with E-state index in [2.05, 4.69) is 106 Å². The molecule has 0 aliphatic rings. The van der Waals surface area contributed by atoms with Gasteiger partial charge in [-0.15, -0.1) is 0 Å². The van der Waals surface area contributed by atoms with Gasteiger partial charge in [0.05, 0.1) is 6.61 Å². The highest BCUT2D eigenvalue weighted by Gasteiger charge is 2.17. The minimum absolute atomic E-state index is 0.0574. The van der Waals surface area contributed by atoms with Crippen molar-refractivity contribution in [2.45, 2.75) is 207 Å². The molecule has 0 aromatic carbocycles. The standard InChI is InChI=1S/C51H86O5/c1-4-7-10-13-16-18-20-22-24-25-26-28-30-32-34-37-40-43-46-54-47-49(56-51(53)45-42-39-35-15-12-9-6-3)48-55-50(52)44-41-38-36-33-31-29-27-23-21-19-17-14-11-8-5-2/h7,10,16-19,22-24,26-28,32,34,49H,4-6,8-9,11-15,20-21,25,29-31,33,35-48H2,1-3H3/b10-7-,18-16-,19-17-,24-22-,27-23-,28-26-,34-32-. The maximum atomic E-state index is 12.6. The van der Waals surface area contributed by atoms with E-state index < -0.39 is 6.10 Å². The lowest BCUT2D eigenvalue weighted by atomic mass is 10.1. The third-order valence-corrected chi connectivity index (χ3v) is 9.42. The molecule has 0 N–H and O–H groups in total. The van der Waals surface area contributed by atoms with Gasteiger partial charge in [-0.1, -0.05) is 176 Å². The monoisotopic (exact) mass is 779 g/mol. The Morgan fingerprint density at radius 2 is 0.804 bits per heavy atom. The minimum Gasteiger partial charge on any atom is -0.462 e. The molecule has 0 spiro atoms. The Bertz CT molecular complexity index is 1060. The van der Waals surface area contributed by atoms with Gasteiger partial charge in [0.1, 0.15) is 6.61 Å². The third kappa shape index (κ3) is 43.8. The van der Waals surface area contributed by atoms with Gasteiger partial charge >= 0.3 is 11.9 Å². The second-order valence-corrected chi connectivity index (χ2v) is 14.9. The highest BCUT2D eigenvalue weighted by Crippen LogP contribution is 2.12. The molecule has 1 atom stereocenters. The maximum Gasteiger partial charge on any atom is 0.306 e. The van der Waals surface area contributed by atoms with E-state index in [1.54, 1.807) is 0 Å². The van der Waals surface area contributed by atoms with Crippen molar-refractivity contribution in [2.75, 3.05) is 19.8 Å². The first-order valence-electron chi connectivity index (χ1n) is 23.1. The van der Waals surface area contributed by atoms with Gasteiger partial charge in [-0.25, -0.2) is 0 Å². The molecule has 0 aromatic heterocycles. The zero-order valence-electron chi connectivity index (χ0n) is 36.6. The Kier molecular flexibility index (Phi) is 44.0. The Morgan fingerprint density at radius 3 is 1.32 bits per heavy atom. The smallest absolute Gasteiger partial charge is 0.306 e. The van der Waals surface area contributed by atoms with E-state index in [1.807, 2.05) is 0 Å². The largest absolute Gasteiger partial charge is 0.462 e. The molecule has 0 fully saturated rings. The van der Waals surface area contributed by atoms with Crippen LogP contribution in [-0.2, 0) is 23.8 Å². The second kappa shape index (κ2) is 46.5. The molecule has 0 saturated heterocycles. The van der Waals surface area contributed by atoms with E-state index >= 15 is 0 Å².